The van der Waals surface area contributed by atoms with Gasteiger partial charge < -0.3 is 24.4 Å². The predicted octanol–water partition coefficient (Wildman–Crippen LogP) is 1.71. The second-order valence-electron chi connectivity index (χ2n) is 4.37. The average Bonchev–Trinajstić information content (AvgIpc) is 2.98. The van der Waals surface area contributed by atoms with Crippen molar-refractivity contribution in [1.29, 1.82) is 0 Å². The average molecular weight is 262 g/mol. The van der Waals surface area contributed by atoms with Gasteiger partial charge in [-0.2, -0.15) is 0 Å². The quantitative estimate of drug-likeness (QED) is 0.873. The molecule has 0 spiro atoms. The maximum Gasteiger partial charge on any atom is 0.231 e. The highest BCUT2D eigenvalue weighted by Gasteiger charge is 2.16. The molecule has 0 fully saturated rings. The van der Waals surface area contributed by atoms with Crippen LogP contribution in [-0.2, 0) is 13.1 Å². The number of hydrogen-bond donors (Lipinski definition) is 2. The molecule has 0 amide bonds. The van der Waals surface area contributed by atoms with Crippen molar-refractivity contribution in [2.24, 2.45) is 0 Å². The topological polar surface area (TPSA) is 76.8 Å². The molecule has 0 atom stereocenters. The number of rotatable bonds is 4. The number of benzene rings is 1. The minimum absolute atomic E-state index is 0.188. The molecule has 2 aromatic rings. The molecule has 1 aliphatic heterocycles. The van der Waals surface area contributed by atoms with Crippen LogP contribution in [0.3, 0.4) is 0 Å². The standard InChI is InChI=1S/C13H14N2O4/c1-8-2-10(15-19-8)6-14-5-9-3-12-13(4-11(9)16)18-7-17-12/h2-4,14,16H,5-7H2,1H3. The molecule has 0 bridgehead atoms. The molecule has 19 heavy (non-hydrogen) atoms. The highest BCUT2D eigenvalue weighted by Crippen LogP contribution is 2.37. The maximum atomic E-state index is 9.87. The summed E-state index contributed by atoms with van der Waals surface area (Å²) in [7, 11) is 0. The Hall–Kier alpha value is -2.21. The maximum absolute atomic E-state index is 9.87. The van der Waals surface area contributed by atoms with E-state index in [0.29, 0.717) is 24.6 Å². The second-order valence-corrected chi connectivity index (χ2v) is 4.37. The van der Waals surface area contributed by atoms with E-state index in [4.69, 9.17) is 14.0 Å². The molecule has 2 N–H and O–H groups in total. The number of hydrogen-bond acceptors (Lipinski definition) is 6. The van der Waals surface area contributed by atoms with E-state index in [1.807, 2.05) is 13.0 Å². The molecule has 6 heteroatoms. The Kier molecular flexibility index (Phi) is 3.00. The summed E-state index contributed by atoms with van der Waals surface area (Å²) in [4.78, 5) is 0. The van der Waals surface area contributed by atoms with Crippen molar-refractivity contribution >= 4 is 0 Å². The number of fused-ring (bicyclic) bond motifs is 1. The lowest BCUT2D eigenvalue weighted by atomic mass is 10.1. The Bertz CT molecular complexity index is 594. The predicted molar refractivity (Wildman–Crippen MR) is 66.0 cm³/mol. The lowest BCUT2D eigenvalue weighted by Gasteiger charge is -2.07. The largest absolute Gasteiger partial charge is 0.507 e. The van der Waals surface area contributed by atoms with Crippen LogP contribution in [0.25, 0.3) is 0 Å². The second kappa shape index (κ2) is 4.81. The van der Waals surface area contributed by atoms with Gasteiger partial charge in [0.05, 0.1) is 5.69 Å². The molecule has 1 aromatic carbocycles. The summed E-state index contributed by atoms with van der Waals surface area (Å²) >= 11 is 0. The van der Waals surface area contributed by atoms with Crippen molar-refractivity contribution in [2.45, 2.75) is 20.0 Å². The van der Waals surface area contributed by atoms with E-state index in [-0.39, 0.29) is 12.5 Å². The molecule has 0 aliphatic carbocycles. The van der Waals surface area contributed by atoms with Crippen molar-refractivity contribution in [3.63, 3.8) is 0 Å². The summed E-state index contributed by atoms with van der Waals surface area (Å²) in [5.74, 6) is 2.20. The zero-order valence-corrected chi connectivity index (χ0v) is 10.5. The molecule has 1 aliphatic rings. The number of nitrogens with zero attached hydrogens (tertiary/aromatic N) is 1. The van der Waals surface area contributed by atoms with Gasteiger partial charge >= 0.3 is 0 Å². The van der Waals surface area contributed by atoms with Gasteiger partial charge in [-0.3, -0.25) is 0 Å². The molecule has 0 saturated carbocycles. The van der Waals surface area contributed by atoms with Crippen LogP contribution >= 0.6 is 0 Å². The first-order valence-corrected chi connectivity index (χ1v) is 5.97. The molecule has 0 saturated heterocycles. The lowest BCUT2D eigenvalue weighted by molar-refractivity contribution is 0.174. The van der Waals surface area contributed by atoms with E-state index in [1.54, 1.807) is 12.1 Å². The molecular weight excluding hydrogens is 248 g/mol. The van der Waals surface area contributed by atoms with Crippen molar-refractivity contribution < 1.29 is 19.1 Å². The van der Waals surface area contributed by atoms with Gasteiger partial charge in [0, 0.05) is 30.8 Å². The third-order valence-corrected chi connectivity index (χ3v) is 2.87. The Morgan fingerprint density at radius 2 is 2.00 bits per heavy atom. The van der Waals surface area contributed by atoms with Crippen LogP contribution in [0.5, 0.6) is 17.2 Å². The highest BCUT2D eigenvalue weighted by molar-refractivity contribution is 5.51. The molecule has 0 unspecified atom stereocenters. The molecule has 6 nitrogen and oxygen atoms in total. The zero-order chi connectivity index (χ0) is 13.2. The fraction of sp³-hybridized carbons (Fsp3) is 0.308. The molecule has 1 aromatic heterocycles. The molecule has 0 radical (unpaired) electrons. The van der Waals surface area contributed by atoms with Gasteiger partial charge in [0.1, 0.15) is 11.5 Å². The van der Waals surface area contributed by atoms with Crippen LogP contribution in [0.2, 0.25) is 0 Å². The first kappa shape index (κ1) is 11.9. The Morgan fingerprint density at radius 1 is 1.21 bits per heavy atom. The minimum atomic E-state index is 0.188. The Morgan fingerprint density at radius 3 is 2.74 bits per heavy atom. The number of ether oxygens (including phenoxy) is 2. The van der Waals surface area contributed by atoms with Crippen LogP contribution < -0.4 is 14.8 Å². The van der Waals surface area contributed by atoms with Gasteiger partial charge in [-0.05, 0) is 13.0 Å². The molecule has 3 rings (SSSR count). The fourth-order valence-corrected chi connectivity index (χ4v) is 1.94. The van der Waals surface area contributed by atoms with Crippen molar-refractivity contribution in [3.05, 3.63) is 35.2 Å². The van der Waals surface area contributed by atoms with Crippen molar-refractivity contribution in [2.75, 3.05) is 6.79 Å². The van der Waals surface area contributed by atoms with Gasteiger partial charge in [-0.25, -0.2) is 0 Å². The van der Waals surface area contributed by atoms with E-state index in [1.165, 1.54) is 0 Å². The van der Waals surface area contributed by atoms with E-state index >= 15 is 0 Å². The van der Waals surface area contributed by atoms with Crippen LogP contribution in [0.1, 0.15) is 17.0 Å². The van der Waals surface area contributed by atoms with Crippen molar-refractivity contribution in [3.8, 4) is 17.2 Å². The summed E-state index contributed by atoms with van der Waals surface area (Å²) in [6.07, 6.45) is 0. The van der Waals surface area contributed by atoms with Gasteiger partial charge in [-0.1, -0.05) is 5.16 Å². The van der Waals surface area contributed by atoms with E-state index in [0.717, 1.165) is 17.0 Å². The van der Waals surface area contributed by atoms with Crippen LogP contribution in [0, 0.1) is 6.92 Å². The SMILES string of the molecule is Cc1cc(CNCc2cc3c(cc2O)OCO3)no1. The minimum Gasteiger partial charge on any atom is -0.507 e. The first-order chi connectivity index (χ1) is 9.22. The summed E-state index contributed by atoms with van der Waals surface area (Å²) < 4.78 is 15.4. The van der Waals surface area contributed by atoms with E-state index in [9.17, 15) is 5.11 Å². The smallest absolute Gasteiger partial charge is 0.231 e. The van der Waals surface area contributed by atoms with Crippen LogP contribution in [-0.4, -0.2) is 17.1 Å². The number of phenolic OH excluding ortho intramolecular Hbond substituents is 1. The summed E-state index contributed by atoms with van der Waals surface area (Å²) in [6, 6.07) is 5.21. The summed E-state index contributed by atoms with van der Waals surface area (Å²) in [6.45, 7) is 3.13. The number of nitrogens with one attached hydrogen (secondary N) is 1. The van der Waals surface area contributed by atoms with E-state index in [2.05, 4.69) is 10.5 Å². The van der Waals surface area contributed by atoms with Gasteiger partial charge in [0.2, 0.25) is 6.79 Å². The Balaban J connectivity index is 1.64. The lowest BCUT2D eigenvalue weighted by Crippen LogP contribution is -2.13. The third kappa shape index (κ3) is 2.48. The molecular formula is C13H14N2O4. The summed E-state index contributed by atoms with van der Waals surface area (Å²) in [5.41, 5.74) is 1.59. The number of aromatic nitrogens is 1. The fourth-order valence-electron chi connectivity index (χ4n) is 1.94. The van der Waals surface area contributed by atoms with E-state index < -0.39 is 0 Å². The van der Waals surface area contributed by atoms with Gasteiger partial charge in [0.15, 0.2) is 11.5 Å². The van der Waals surface area contributed by atoms with Crippen molar-refractivity contribution in [1.82, 2.24) is 10.5 Å². The number of phenols is 1. The van der Waals surface area contributed by atoms with Gasteiger partial charge in [0.25, 0.3) is 0 Å². The Labute approximate surface area is 109 Å². The van der Waals surface area contributed by atoms with Crippen LogP contribution in [0.4, 0.5) is 0 Å². The van der Waals surface area contributed by atoms with Crippen LogP contribution in [0.15, 0.2) is 22.7 Å². The zero-order valence-electron chi connectivity index (χ0n) is 10.5. The normalized spacial score (nSPS) is 12.9. The number of aromatic hydroxyl groups is 1. The third-order valence-electron chi connectivity index (χ3n) is 2.87. The monoisotopic (exact) mass is 262 g/mol. The molecule has 100 valence electrons. The molecule has 2 heterocycles. The number of aryl methyl sites for hydroxylation is 1. The highest BCUT2D eigenvalue weighted by atomic mass is 16.7. The summed E-state index contributed by atoms with van der Waals surface area (Å²) in [5, 5.41) is 16.9. The first-order valence-electron chi connectivity index (χ1n) is 5.97. The van der Waals surface area contributed by atoms with Gasteiger partial charge in [-0.15, -0.1) is 0 Å².